The SMILES string of the molecule is O=C(Cc1ccccc1)NC1(C(=O)Nc2ccc(-c3cnc(-c4ccc(NC(=O)C5(NC(=O)Cc6ccccc6)CC5)cc4)o3)cc2)CC1. The summed E-state index contributed by atoms with van der Waals surface area (Å²) in [5.74, 6) is 0.141. The first-order chi connectivity index (χ1) is 23.8. The van der Waals surface area contributed by atoms with Crippen molar-refractivity contribution in [3.05, 3.63) is 127 Å². The van der Waals surface area contributed by atoms with E-state index < -0.39 is 11.1 Å². The number of anilines is 2. The molecule has 5 aromatic rings. The van der Waals surface area contributed by atoms with Gasteiger partial charge in [0.05, 0.1) is 19.0 Å². The Morgan fingerprint density at radius 3 is 1.43 bits per heavy atom. The van der Waals surface area contributed by atoms with Crippen molar-refractivity contribution in [3.8, 4) is 22.8 Å². The van der Waals surface area contributed by atoms with Crippen LogP contribution in [0.1, 0.15) is 36.8 Å². The fourth-order valence-corrected chi connectivity index (χ4v) is 5.71. The van der Waals surface area contributed by atoms with E-state index >= 15 is 0 Å². The molecule has 0 atom stereocenters. The van der Waals surface area contributed by atoms with E-state index in [1.807, 2.05) is 84.9 Å². The Labute approximate surface area is 283 Å². The summed E-state index contributed by atoms with van der Waals surface area (Å²) in [6, 6.07) is 33.3. The van der Waals surface area contributed by atoms with E-state index in [1.54, 1.807) is 30.5 Å². The monoisotopic (exact) mass is 653 g/mol. The summed E-state index contributed by atoms with van der Waals surface area (Å²) in [4.78, 5) is 55.7. The van der Waals surface area contributed by atoms with Gasteiger partial charge in [0.1, 0.15) is 11.1 Å². The molecule has 4 amide bonds. The normalized spacial score (nSPS) is 15.0. The zero-order chi connectivity index (χ0) is 33.8. The van der Waals surface area contributed by atoms with E-state index in [0.717, 1.165) is 22.3 Å². The van der Waals surface area contributed by atoms with E-state index in [-0.39, 0.29) is 36.5 Å². The van der Waals surface area contributed by atoms with E-state index in [2.05, 4.69) is 26.3 Å². The Bertz CT molecular complexity index is 1840. The fourth-order valence-electron chi connectivity index (χ4n) is 5.71. The van der Waals surface area contributed by atoms with E-state index in [1.165, 1.54) is 0 Å². The van der Waals surface area contributed by atoms with Gasteiger partial charge in [-0.15, -0.1) is 0 Å². The van der Waals surface area contributed by atoms with Crippen molar-refractivity contribution in [2.75, 3.05) is 10.6 Å². The average Bonchev–Trinajstić information content (AvgIpc) is 4.02. The van der Waals surface area contributed by atoms with Crippen molar-refractivity contribution in [2.45, 2.75) is 49.6 Å². The highest BCUT2D eigenvalue weighted by atomic mass is 16.4. The predicted octanol–water partition coefficient (Wildman–Crippen LogP) is 5.67. The minimum absolute atomic E-state index is 0.179. The lowest BCUT2D eigenvalue weighted by molar-refractivity contribution is -0.127. The molecule has 4 N–H and O–H groups in total. The average molecular weight is 654 g/mol. The second-order valence-electron chi connectivity index (χ2n) is 12.7. The third kappa shape index (κ3) is 7.43. The topological polar surface area (TPSA) is 142 Å². The Balaban J connectivity index is 0.915. The number of oxazole rings is 1. The molecule has 0 radical (unpaired) electrons. The number of aromatic nitrogens is 1. The molecule has 246 valence electrons. The van der Waals surface area contributed by atoms with Gasteiger partial charge >= 0.3 is 0 Å². The number of amides is 4. The third-order valence-electron chi connectivity index (χ3n) is 8.86. The summed E-state index contributed by atoms with van der Waals surface area (Å²) in [6.07, 6.45) is 4.47. The molecule has 2 fully saturated rings. The van der Waals surface area contributed by atoms with E-state index in [0.29, 0.717) is 48.7 Å². The van der Waals surface area contributed by atoms with Gasteiger partial charge in [-0.25, -0.2) is 4.98 Å². The second-order valence-corrected chi connectivity index (χ2v) is 12.7. The number of carbonyl (C=O) groups is 4. The maximum absolute atomic E-state index is 13.0. The van der Waals surface area contributed by atoms with Crippen LogP contribution in [0.4, 0.5) is 11.4 Å². The molecule has 0 bridgehead atoms. The Hall–Kier alpha value is -6.03. The minimum Gasteiger partial charge on any atom is -0.436 e. The molecule has 1 aromatic heterocycles. The van der Waals surface area contributed by atoms with Gasteiger partial charge < -0.3 is 25.7 Å². The largest absolute Gasteiger partial charge is 0.436 e. The number of benzene rings is 4. The van der Waals surface area contributed by atoms with Gasteiger partial charge in [0.15, 0.2) is 5.76 Å². The molecule has 2 aliphatic rings. The summed E-state index contributed by atoms with van der Waals surface area (Å²) >= 11 is 0. The zero-order valence-electron chi connectivity index (χ0n) is 26.7. The summed E-state index contributed by atoms with van der Waals surface area (Å²) in [5.41, 5.74) is 2.76. The molecular formula is C39H35N5O5. The Morgan fingerprint density at radius 2 is 1.00 bits per heavy atom. The molecule has 0 spiro atoms. The fraction of sp³-hybridized carbons (Fsp3) is 0.205. The van der Waals surface area contributed by atoms with Crippen LogP contribution in [0.3, 0.4) is 0 Å². The molecule has 2 aliphatic carbocycles. The summed E-state index contributed by atoms with van der Waals surface area (Å²) < 4.78 is 6.03. The van der Waals surface area contributed by atoms with Gasteiger partial charge in [-0.05, 0) is 85.3 Å². The minimum atomic E-state index is -0.877. The van der Waals surface area contributed by atoms with Crippen molar-refractivity contribution in [3.63, 3.8) is 0 Å². The molecule has 0 aliphatic heterocycles. The van der Waals surface area contributed by atoms with Gasteiger partial charge in [-0.1, -0.05) is 60.7 Å². The summed E-state index contributed by atoms with van der Waals surface area (Å²) in [6.45, 7) is 0. The molecule has 10 nitrogen and oxygen atoms in total. The highest BCUT2D eigenvalue weighted by molar-refractivity contribution is 6.03. The van der Waals surface area contributed by atoms with Gasteiger partial charge in [-0.2, -0.15) is 0 Å². The number of rotatable bonds is 12. The van der Waals surface area contributed by atoms with Crippen LogP contribution >= 0.6 is 0 Å². The van der Waals surface area contributed by atoms with Crippen molar-refractivity contribution >= 4 is 35.0 Å². The molecule has 0 unspecified atom stereocenters. The van der Waals surface area contributed by atoms with Gasteiger partial charge in [0, 0.05) is 22.5 Å². The van der Waals surface area contributed by atoms with Crippen molar-refractivity contribution in [1.29, 1.82) is 0 Å². The molecule has 49 heavy (non-hydrogen) atoms. The van der Waals surface area contributed by atoms with Gasteiger partial charge in [0.2, 0.25) is 29.5 Å². The number of nitrogens with one attached hydrogen (secondary N) is 4. The van der Waals surface area contributed by atoms with Crippen LogP contribution in [0.5, 0.6) is 0 Å². The summed E-state index contributed by atoms with van der Waals surface area (Å²) in [5, 5.41) is 11.7. The standard InChI is InChI=1S/C39H35N5O5/c45-33(23-26-7-3-1-4-8-26)43-38(19-20-38)36(47)41-30-15-11-28(12-16-30)32-25-40-35(49-32)29-13-17-31(18-14-29)42-37(48)39(21-22-39)44-34(46)24-27-9-5-2-6-10-27/h1-18,25H,19-24H2,(H,41,47)(H,42,48)(H,43,45)(H,44,46). The first-order valence-corrected chi connectivity index (χ1v) is 16.3. The van der Waals surface area contributed by atoms with Crippen LogP contribution in [-0.4, -0.2) is 39.7 Å². The maximum Gasteiger partial charge on any atom is 0.250 e. The van der Waals surface area contributed by atoms with Crippen LogP contribution in [0.25, 0.3) is 22.8 Å². The van der Waals surface area contributed by atoms with E-state index in [9.17, 15) is 19.2 Å². The first kappa shape index (κ1) is 31.6. The third-order valence-corrected chi connectivity index (χ3v) is 8.86. The van der Waals surface area contributed by atoms with Crippen LogP contribution < -0.4 is 21.3 Å². The molecule has 1 heterocycles. The van der Waals surface area contributed by atoms with Crippen LogP contribution in [0.15, 0.2) is 120 Å². The molecule has 2 saturated carbocycles. The quantitative estimate of drug-likeness (QED) is 0.137. The number of nitrogens with zero attached hydrogens (tertiary/aromatic N) is 1. The Kier molecular flexibility index (Phi) is 8.52. The number of carbonyl (C=O) groups excluding carboxylic acids is 4. The van der Waals surface area contributed by atoms with Crippen LogP contribution in [0, 0.1) is 0 Å². The summed E-state index contributed by atoms with van der Waals surface area (Å²) in [7, 11) is 0. The van der Waals surface area contributed by atoms with Crippen LogP contribution in [0.2, 0.25) is 0 Å². The highest BCUT2D eigenvalue weighted by Crippen LogP contribution is 2.38. The van der Waals surface area contributed by atoms with Crippen LogP contribution in [-0.2, 0) is 32.0 Å². The zero-order valence-corrected chi connectivity index (χ0v) is 26.7. The smallest absolute Gasteiger partial charge is 0.250 e. The second kappa shape index (κ2) is 13.2. The Morgan fingerprint density at radius 1 is 0.571 bits per heavy atom. The molecule has 7 rings (SSSR count). The van der Waals surface area contributed by atoms with Crippen molar-refractivity contribution < 1.29 is 23.6 Å². The van der Waals surface area contributed by atoms with Crippen molar-refractivity contribution in [1.82, 2.24) is 15.6 Å². The number of hydrogen-bond donors (Lipinski definition) is 4. The lowest BCUT2D eigenvalue weighted by Gasteiger charge is -2.17. The lowest BCUT2D eigenvalue weighted by Crippen LogP contribution is -2.46. The predicted molar refractivity (Wildman–Crippen MR) is 185 cm³/mol. The highest BCUT2D eigenvalue weighted by Gasteiger charge is 2.52. The van der Waals surface area contributed by atoms with Gasteiger partial charge in [-0.3, -0.25) is 19.2 Å². The maximum atomic E-state index is 13.0. The first-order valence-electron chi connectivity index (χ1n) is 16.3. The molecule has 10 heteroatoms. The number of hydrogen-bond acceptors (Lipinski definition) is 6. The molecule has 4 aromatic carbocycles. The van der Waals surface area contributed by atoms with Gasteiger partial charge in [0.25, 0.3) is 0 Å². The lowest BCUT2D eigenvalue weighted by atomic mass is 10.1. The van der Waals surface area contributed by atoms with E-state index in [4.69, 9.17) is 4.42 Å². The molecule has 0 saturated heterocycles. The van der Waals surface area contributed by atoms with Crippen molar-refractivity contribution in [2.24, 2.45) is 0 Å². The molecular weight excluding hydrogens is 618 g/mol.